The first-order valence-corrected chi connectivity index (χ1v) is 9.79. The molecule has 0 spiro atoms. The van der Waals surface area contributed by atoms with E-state index in [-0.39, 0.29) is 12.7 Å². The van der Waals surface area contributed by atoms with Gasteiger partial charge in [0.25, 0.3) is 0 Å². The first-order valence-electron chi connectivity index (χ1n) is 9.79. The summed E-state index contributed by atoms with van der Waals surface area (Å²) in [5.74, 6) is 0. The summed E-state index contributed by atoms with van der Waals surface area (Å²) in [7, 11) is 0. The van der Waals surface area contributed by atoms with Gasteiger partial charge >= 0.3 is 0 Å². The van der Waals surface area contributed by atoms with Crippen molar-refractivity contribution in [2.45, 2.75) is 24.7 Å². The molecular formula is C25H20O3. The lowest BCUT2D eigenvalue weighted by molar-refractivity contribution is -0.0218. The maximum atomic E-state index is 10.4. The van der Waals surface area contributed by atoms with Gasteiger partial charge in [0.2, 0.25) is 0 Å². The lowest BCUT2D eigenvalue weighted by atomic mass is 9.85. The van der Waals surface area contributed by atoms with Crippen LogP contribution in [0.2, 0.25) is 0 Å². The highest BCUT2D eigenvalue weighted by Crippen LogP contribution is 2.46. The summed E-state index contributed by atoms with van der Waals surface area (Å²) in [5, 5.41) is 29.7. The number of rotatable bonds is 2. The molecule has 138 valence electrons. The molecule has 1 fully saturated rings. The van der Waals surface area contributed by atoms with Crippen LogP contribution in [-0.4, -0.2) is 29.0 Å². The van der Waals surface area contributed by atoms with Gasteiger partial charge in [0.15, 0.2) is 0 Å². The highest BCUT2D eigenvalue weighted by atomic mass is 16.5. The number of hydrogen-bond donors (Lipinski definition) is 2. The van der Waals surface area contributed by atoms with Gasteiger partial charge in [-0.15, -0.1) is 0 Å². The Hall–Kier alpha value is -2.72. The third-order valence-corrected chi connectivity index (χ3v) is 6.30. The number of hydrogen-bond acceptors (Lipinski definition) is 3. The summed E-state index contributed by atoms with van der Waals surface area (Å²) in [6, 6.07) is 23.6. The van der Waals surface area contributed by atoms with Crippen LogP contribution in [0.15, 0.2) is 66.7 Å². The Balaban J connectivity index is 1.79. The van der Waals surface area contributed by atoms with E-state index in [1.165, 1.54) is 37.7 Å². The second-order valence-electron chi connectivity index (χ2n) is 7.79. The highest BCUT2D eigenvalue weighted by molar-refractivity contribution is 6.30. The van der Waals surface area contributed by atoms with Crippen molar-refractivity contribution in [3.05, 3.63) is 72.3 Å². The van der Waals surface area contributed by atoms with Crippen LogP contribution < -0.4 is 0 Å². The lowest BCUT2D eigenvalue weighted by Gasteiger charge is -2.21. The molecule has 3 atom stereocenters. The lowest BCUT2D eigenvalue weighted by Crippen LogP contribution is -2.24. The molecule has 3 heteroatoms. The molecule has 1 aliphatic rings. The van der Waals surface area contributed by atoms with Gasteiger partial charge in [-0.2, -0.15) is 0 Å². The van der Waals surface area contributed by atoms with Crippen LogP contribution >= 0.6 is 0 Å². The summed E-state index contributed by atoms with van der Waals surface area (Å²) in [5.41, 5.74) is 1.12. The molecule has 0 saturated carbocycles. The molecule has 0 bridgehead atoms. The summed E-state index contributed by atoms with van der Waals surface area (Å²) in [6.07, 6.45) is -0.907. The second-order valence-corrected chi connectivity index (χ2v) is 7.79. The quantitative estimate of drug-likeness (QED) is 0.343. The molecular weight excluding hydrogens is 348 g/mol. The summed E-state index contributed by atoms with van der Waals surface area (Å²) < 4.78 is 6.11. The fraction of sp³-hybridized carbons (Fsp3) is 0.200. The van der Waals surface area contributed by atoms with Crippen LogP contribution in [-0.2, 0) is 4.74 Å². The zero-order chi connectivity index (χ0) is 18.8. The van der Waals surface area contributed by atoms with Crippen LogP contribution in [0.3, 0.4) is 0 Å². The van der Waals surface area contributed by atoms with Gasteiger partial charge in [-0.1, -0.05) is 66.7 Å². The van der Waals surface area contributed by atoms with Crippen LogP contribution in [0.5, 0.6) is 0 Å². The monoisotopic (exact) mass is 368 g/mol. The van der Waals surface area contributed by atoms with Gasteiger partial charge in [0.05, 0.1) is 18.8 Å². The van der Waals surface area contributed by atoms with Crippen molar-refractivity contribution in [1.29, 1.82) is 0 Å². The van der Waals surface area contributed by atoms with E-state index in [2.05, 4.69) is 66.7 Å². The van der Waals surface area contributed by atoms with E-state index in [4.69, 9.17) is 4.74 Å². The minimum atomic E-state index is -0.646. The molecule has 0 radical (unpaired) electrons. The molecule has 2 N–H and O–H groups in total. The normalized spacial score (nSPS) is 22.9. The van der Waals surface area contributed by atoms with Gasteiger partial charge < -0.3 is 14.9 Å². The molecule has 6 rings (SSSR count). The second kappa shape index (κ2) is 5.89. The van der Waals surface area contributed by atoms with E-state index < -0.39 is 12.2 Å². The number of fused-ring (bicyclic) bond motifs is 2. The average molecular weight is 368 g/mol. The molecule has 0 unspecified atom stereocenters. The highest BCUT2D eigenvalue weighted by Gasteiger charge is 2.36. The predicted octanol–water partition coefficient (Wildman–Crippen LogP) is 4.92. The Morgan fingerprint density at radius 2 is 1.46 bits per heavy atom. The molecule has 0 amide bonds. The van der Waals surface area contributed by atoms with Crippen molar-refractivity contribution in [3.8, 4) is 0 Å². The van der Waals surface area contributed by atoms with Gasteiger partial charge in [-0.25, -0.2) is 0 Å². The van der Waals surface area contributed by atoms with Gasteiger partial charge in [0.1, 0.15) is 6.10 Å². The van der Waals surface area contributed by atoms with E-state index in [9.17, 15) is 10.2 Å². The number of ether oxygens (including phenoxy) is 1. The summed E-state index contributed by atoms with van der Waals surface area (Å²) in [4.78, 5) is 0. The molecule has 0 aromatic heterocycles. The topological polar surface area (TPSA) is 49.7 Å². The molecule has 5 aromatic rings. The minimum Gasteiger partial charge on any atom is -0.394 e. The van der Waals surface area contributed by atoms with Crippen molar-refractivity contribution >= 4 is 43.1 Å². The maximum absolute atomic E-state index is 10.4. The average Bonchev–Trinajstić information content (AvgIpc) is 3.11. The molecule has 28 heavy (non-hydrogen) atoms. The Labute approximate surface area is 162 Å². The van der Waals surface area contributed by atoms with Crippen LogP contribution in [0.1, 0.15) is 18.1 Å². The Morgan fingerprint density at radius 1 is 0.750 bits per heavy atom. The van der Waals surface area contributed by atoms with Crippen LogP contribution in [0.25, 0.3) is 43.1 Å². The van der Waals surface area contributed by atoms with Crippen LogP contribution in [0.4, 0.5) is 0 Å². The van der Waals surface area contributed by atoms with E-state index in [0.717, 1.165) is 10.9 Å². The van der Waals surface area contributed by atoms with Crippen molar-refractivity contribution in [1.82, 2.24) is 0 Å². The first kappa shape index (κ1) is 16.3. The Bertz CT molecular complexity index is 1320. The third-order valence-electron chi connectivity index (χ3n) is 6.30. The van der Waals surface area contributed by atoms with E-state index in [1.807, 2.05) is 0 Å². The fourth-order valence-electron chi connectivity index (χ4n) is 5.06. The third kappa shape index (κ3) is 2.09. The standard InChI is InChI=1S/C25H20O3/c26-13-22-20(27)12-21(28-22)24-17-7-2-1-6-16(17)18-10-8-14-4-3-5-15-9-11-19(24)25(18)23(14)15/h1-11,20-22,26-27H,12-13H2/t20-,21+,22-/m1/s1. The smallest absolute Gasteiger partial charge is 0.107 e. The first-order chi connectivity index (χ1) is 13.8. The van der Waals surface area contributed by atoms with Crippen molar-refractivity contribution in [3.63, 3.8) is 0 Å². The predicted molar refractivity (Wildman–Crippen MR) is 113 cm³/mol. The fourth-order valence-corrected chi connectivity index (χ4v) is 5.06. The summed E-state index contributed by atoms with van der Waals surface area (Å²) >= 11 is 0. The van der Waals surface area contributed by atoms with Gasteiger partial charge in [0, 0.05) is 6.42 Å². The Kier molecular flexibility index (Phi) is 3.42. The van der Waals surface area contributed by atoms with Crippen molar-refractivity contribution < 1.29 is 14.9 Å². The van der Waals surface area contributed by atoms with Crippen molar-refractivity contribution in [2.24, 2.45) is 0 Å². The number of aliphatic hydroxyl groups is 2. The van der Waals surface area contributed by atoms with Crippen LogP contribution in [0, 0.1) is 0 Å². The Morgan fingerprint density at radius 3 is 2.18 bits per heavy atom. The zero-order valence-corrected chi connectivity index (χ0v) is 15.3. The van der Waals surface area contributed by atoms with E-state index in [1.54, 1.807) is 0 Å². The SMILES string of the molecule is OC[C@H]1O[C@H](c2c3ccccc3c3ccc4cccc5ccc2c3c54)C[C@H]1O. The van der Waals surface area contributed by atoms with E-state index in [0.29, 0.717) is 6.42 Å². The van der Waals surface area contributed by atoms with Crippen molar-refractivity contribution in [2.75, 3.05) is 6.61 Å². The number of aliphatic hydroxyl groups excluding tert-OH is 2. The largest absolute Gasteiger partial charge is 0.394 e. The van der Waals surface area contributed by atoms with E-state index >= 15 is 0 Å². The molecule has 1 heterocycles. The molecule has 0 aliphatic carbocycles. The molecule has 5 aromatic carbocycles. The van der Waals surface area contributed by atoms with Gasteiger partial charge in [-0.3, -0.25) is 0 Å². The molecule has 1 aliphatic heterocycles. The van der Waals surface area contributed by atoms with Gasteiger partial charge in [-0.05, 0) is 48.7 Å². The maximum Gasteiger partial charge on any atom is 0.107 e. The summed E-state index contributed by atoms with van der Waals surface area (Å²) in [6.45, 7) is -0.165. The molecule has 3 nitrogen and oxygen atoms in total. The minimum absolute atomic E-state index is 0.165. The zero-order valence-electron chi connectivity index (χ0n) is 15.3. The number of benzene rings is 5. The molecule has 1 saturated heterocycles.